The predicted molar refractivity (Wildman–Crippen MR) is 88.2 cm³/mol. The predicted octanol–water partition coefficient (Wildman–Crippen LogP) is 3.40. The van der Waals surface area contributed by atoms with Gasteiger partial charge < -0.3 is 9.66 Å². The second kappa shape index (κ2) is 7.62. The van der Waals surface area contributed by atoms with Crippen LogP contribution in [-0.2, 0) is 27.4 Å². The van der Waals surface area contributed by atoms with E-state index < -0.39 is 15.6 Å². The number of phenolic OH excluding ortho intramolecular Hbond substituents is 1. The van der Waals surface area contributed by atoms with Gasteiger partial charge in [-0.25, -0.2) is 8.42 Å². The van der Waals surface area contributed by atoms with Gasteiger partial charge in [0.25, 0.3) is 0 Å². The number of aryl methyl sites for hydroxylation is 1. The van der Waals surface area contributed by atoms with Crippen LogP contribution in [0.25, 0.3) is 10.8 Å². The molecule has 0 aliphatic carbocycles. The van der Waals surface area contributed by atoms with Crippen LogP contribution in [0.4, 0.5) is 13.2 Å². The average molecular weight is 382 g/mol. The van der Waals surface area contributed by atoms with Crippen molar-refractivity contribution in [2.45, 2.75) is 23.7 Å². The molecule has 0 fully saturated rings. The molecule has 0 saturated heterocycles. The standard InChI is InChI=1S/C14H16OS.CHF3O3S/c1-4-10-5-8-14(16(2)3)13-9-11(15)6-7-12(10)13;2-1(3,4)8(5,6)7/h5-9H,4H2,1-3H3;(H,5,6,7). The molecule has 0 aliphatic heterocycles. The summed E-state index contributed by atoms with van der Waals surface area (Å²) in [6.07, 6.45) is 5.46. The first-order valence-electron chi connectivity index (χ1n) is 6.72. The van der Waals surface area contributed by atoms with Gasteiger partial charge in [0.15, 0.2) is 15.0 Å². The summed E-state index contributed by atoms with van der Waals surface area (Å²) in [7, 11) is -5.87. The van der Waals surface area contributed by atoms with E-state index in [-0.39, 0.29) is 10.9 Å². The molecule has 2 aromatic rings. The molecule has 0 saturated carbocycles. The highest BCUT2D eigenvalue weighted by molar-refractivity contribution is 7.95. The number of fused-ring (bicyclic) bond motifs is 1. The molecule has 0 radical (unpaired) electrons. The van der Waals surface area contributed by atoms with Crippen molar-refractivity contribution in [1.82, 2.24) is 0 Å². The van der Waals surface area contributed by atoms with E-state index >= 15 is 0 Å². The van der Waals surface area contributed by atoms with Crippen LogP contribution in [-0.4, -0.2) is 36.1 Å². The lowest BCUT2D eigenvalue weighted by molar-refractivity contribution is -0.0517. The van der Waals surface area contributed by atoms with Crippen molar-refractivity contribution in [2.24, 2.45) is 0 Å². The monoisotopic (exact) mass is 382 g/mol. The second-order valence-corrected chi connectivity index (χ2v) is 8.47. The molecule has 2 aromatic carbocycles. The van der Waals surface area contributed by atoms with E-state index in [4.69, 9.17) is 13.0 Å². The topological polar surface area (TPSA) is 77.4 Å². The summed E-state index contributed by atoms with van der Waals surface area (Å²) in [4.78, 5) is 1.34. The van der Waals surface area contributed by atoms with Crippen molar-refractivity contribution in [3.05, 3.63) is 35.9 Å². The van der Waals surface area contributed by atoms with Gasteiger partial charge in [-0.3, -0.25) is 0 Å². The summed E-state index contributed by atoms with van der Waals surface area (Å²) in [6, 6.07) is 10.1. The Bertz CT molecular complexity index is 815. The minimum Gasteiger partial charge on any atom is -0.741 e. The number of hydrogen-bond acceptors (Lipinski definition) is 4. The maximum Gasteiger partial charge on any atom is 0.485 e. The molecule has 0 spiro atoms. The summed E-state index contributed by atoms with van der Waals surface area (Å²) in [5, 5.41) is 12.1. The van der Waals surface area contributed by atoms with Gasteiger partial charge in [-0.15, -0.1) is 0 Å². The zero-order valence-corrected chi connectivity index (χ0v) is 14.8. The third-order valence-electron chi connectivity index (χ3n) is 3.15. The van der Waals surface area contributed by atoms with Gasteiger partial charge in [0.1, 0.15) is 18.3 Å². The van der Waals surface area contributed by atoms with Crippen molar-refractivity contribution in [1.29, 1.82) is 0 Å². The molecular formula is C15H17F3O4S2. The van der Waals surface area contributed by atoms with E-state index in [9.17, 15) is 18.3 Å². The van der Waals surface area contributed by atoms with Gasteiger partial charge in [0.05, 0.1) is 0 Å². The van der Waals surface area contributed by atoms with Gasteiger partial charge in [0.2, 0.25) is 0 Å². The Morgan fingerprint density at radius 1 is 1.12 bits per heavy atom. The van der Waals surface area contributed by atoms with Gasteiger partial charge >= 0.3 is 5.51 Å². The fourth-order valence-electron chi connectivity index (χ4n) is 2.04. The third kappa shape index (κ3) is 5.02. The largest absolute Gasteiger partial charge is 0.741 e. The van der Waals surface area contributed by atoms with Gasteiger partial charge in [-0.05, 0) is 35.6 Å². The molecule has 24 heavy (non-hydrogen) atoms. The third-order valence-corrected chi connectivity index (χ3v) is 4.96. The summed E-state index contributed by atoms with van der Waals surface area (Å²) in [5.41, 5.74) is -4.29. The summed E-state index contributed by atoms with van der Waals surface area (Å²) in [5.74, 6) is 0.354. The SMILES string of the molecule is CCc1ccc([S+](C)C)c2cc(O)ccc12.O=S(=O)([O-])C(F)(F)F. The molecule has 0 amide bonds. The van der Waals surface area contributed by atoms with Crippen LogP contribution >= 0.6 is 0 Å². The van der Waals surface area contributed by atoms with Crippen LogP contribution < -0.4 is 0 Å². The number of alkyl halides is 3. The van der Waals surface area contributed by atoms with Crippen LogP contribution in [0.3, 0.4) is 0 Å². The van der Waals surface area contributed by atoms with Gasteiger partial charge in [-0.2, -0.15) is 13.2 Å². The second-order valence-electron chi connectivity index (χ2n) is 5.02. The Morgan fingerprint density at radius 3 is 2.08 bits per heavy atom. The van der Waals surface area contributed by atoms with Crippen LogP contribution in [0, 0.1) is 0 Å². The number of aromatic hydroxyl groups is 1. The normalized spacial score (nSPS) is 12.2. The van der Waals surface area contributed by atoms with Crippen molar-refractivity contribution >= 4 is 31.8 Å². The van der Waals surface area contributed by atoms with Crippen LogP contribution in [0.15, 0.2) is 35.2 Å². The molecule has 4 nitrogen and oxygen atoms in total. The molecular weight excluding hydrogens is 365 g/mol. The first-order valence-corrected chi connectivity index (χ1v) is 10.2. The maximum absolute atomic E-state index is 10.7. The molecule has 0 heterocycles. The molecule has 0 atom stereocenters. The van der Waals surface area contributed by atoms with Gasteiger partial charge in [0, 0.05) is 16.3 Å². The summed E-state index contributed by atoms with van der Waals surface area (Å²) in [6.45, 7) is 2.17. The fraction of sp³-hybridized carbons (Fsp3) is 0.333. The first kappa shape index (κ1) is 20.6. The lowest BCUT2D eigenvalue weighted by Gasteiger charge is -2.08. The van der Waals surface area contributed by atoms with Crippen LogP contribution in [0.1, 0.15) is 12.5 Å². The van der Waals surface area contributed by atoms with Crippen molar-refractivity contribution in [3.63, 3.8) is 0 Å². The smallest absolute Gasteiger partial charge is 0.485 e. The first-order chi connectivity index (χ1) is 10.9. The minimum absolute atomic E-state index is 0.217. The van der Waals surface area contributed by atoms with Crippen molar-refractivity contribution in [2.75, 3.05) is 12.5 Å². The Morgan fingerprint density at radius 2 is 1.67 bits per heavy atom. The van der Waals surface area contributed by atoms with Crippen LogP contribution in [0.2, 0.25) is 0 Å². The Kier molecular flexibility index (Phi) is 6.54. The molecule has 134 valence electrons. The lowest BCUT2D eigenvalue weighted by atomic mass is 10.0. The number of rotatable bonds is 2. The van der Waals surface area contributed by atoms with Crippen molar-refractivity contribution < 1.29 is 31.2 Å². The molecule has 1 N–H and O–H groups in total. The molecule has 0 bridgehead atoms. The lowest BCUT2D eigenvalue weighted by Crippen LogP contribution is -2.21. The molecule has 0 aromatic heterocycles. The zero-order chi connectivity index (χ0) is 18.7. The quantitative estimate of drug-likeness (QED) is 0.491. The Hall–Kier alpha value is -1.45. The number of phenols is 1. The number of halogens is 3. The van der Waals surface area contributed by atoms with E-state index in [0.29, 0.717) is 5.75 Å². The number of benzene rings is 2. The number of hydrogen-bond donors (Lipinski definition) is 1. The molecule has 2 rings (SSSR count). The van der Waals surface area contributed by atoms with E-state index in [1.165, 1.54) is 21.2 Å². The van der Waals surface area contributed by atoms with Gasteiger partial charge in [-0.1, -0.05) is 19.1 Å². The van der Waals surface area contributed by atoms with Crippen molar-refractivity contribution in [3.8, 4) is 5.75 Å². The summed E-state index contributed by atoms with van der Waals surface area (Å²) < 4.78 is 58.9. The molecule has 0 unspecified atom stereocenters. The fourth-order valence-corrected chi connectivity index (χ4v) is 2.99. The molecule has 0 aliphatic rings. The van der Waals surface area contributed by atoms with E-state index in [1.807, 2.05) is 12.1 Å². The Balaban J connectivity index is 0.000000307. The highest BCUT2D eigenvalue weighted by atomic mass is 32.2. The van der Waals surface area contributed by atoms with E-state index in [2.05, 4.69) is 31.6 Å². The average Bonchev–Trinajstić information content (AvgIpc) is 2.44. The Labute approximate surface area is 141 Å². The highest BCUT2D eigenvalue weighted by Crippen LogP contribution is 2.29. The summed E-state index contributed by atoms with van der Waals surface area (Å²) >= 11 is 0. The molecule has 9 heteroatoms. The van der Waals surface area contributed by atoms with E-state index in [1.54, 1.807) is 6.07 Å². The minimum atomic E-state index is -6.09. The highest BCUT2D eigenvalue weighted by Gasteiger charge is 2.36. The maximum atomic E-state index is 10.7. The van der Waals surface area contributed by atoms with E-state index in [0.717, 1.165) is 6.42 Å². The zero-order valence-electron chi connectivity index (χ0n) is 13.2. The van der Waals surface area contributed by atoms with Crippen LogP contribution in [0.5, 0.6) is 5.75 Å².